The van der Waals surface area contributed by atoms with Crippen molar-refractivity contribution in [2.45, 2.75) is 20.8 Å². The highest BCUT2D eigenvalue weighted by atomic mass is 16.5. The van der Waals surface area contributed by atoms with Gasteiger partial charge in [-0.1, -0.05) is 36.1 Å². The topological polar surface area (TPSA) is 52.6 Å². The first-order chi connectivity index (χ1) is 15.4. The summed E-state index contributed by atoms with van der Waals surface area (Å²) in [4.78, 5) is 20.3. The Hall–Kier alpha value is -4.28. The number of hydrogen-bond donors (Lipinski definition) is 0. The van der Waals surface area contributed by atoms with E-state index in [1.165, 1.54) is 11.1 Å². The number of aryl methyl sites for hydroxylation is 3. The second-order valence-corrected chi connectivity index (χ2v) is 6.71. The second kappa shape index (κ2) is 13.9. The Morgan fingerprint density at radius 2 is 1.28 bits per heavy atom. The van der Waals surface area contributed by atoms with E-state index in [9.17, 15) is 9.59 Å². The van der Waals surface area contributed by atoms with Gasteiger partial charge in [0.15, 0.2) is 6.29 Å². The Labute approximate surface area is 190 Å². The van der Waals surface area contributed by atoms with Gasteiger partial charge in [-0.05, 0) is 73.9 Å². The number of ether oxygens (including phenoxy) is 2. The molecular weight excluding hydrogens is 400 g/mol. The minimum Gasteiger partial charge on any atom is -0.497 e. The Kier molecular flexibility index (Phi) is 11.2. The number of terminal acetylenes is 2. The molecule has 3 rings (SSSR count). The molecule has 0 saturated carbocycles. The number of methoxy groups -OCH3 is 1. The zero-order chi connectivity index (χ0) is 23.9. The van der Waals surface area contributed by atoms with E-state index in [-0.39, 0.29) is 0 Å². The van der Waals surface area contributed by atoms with E-state index in [1.807, 2.05) is 45.0 Å². The van der Waals surface area contributed by atoms with E-state index in [2.05, 4.69) is 22.6 Å². The number of carbonyl (C=O) groups excluding carboxylic acids is 2. The predicted octanol–water partition coefficient (Wildman–Crippen LogP) is 5.30. The smallest absolute Gasteiger partial charge is 0.298 e. The van der Waals surface area contributed by atoms with Crippen molar-refractivity contribution in [3.63, 3.8) is 0 Å². The molecule has 0 N–H and O–H groups in total. The molecule has 0 amide bonds. The average molecular weight is 427 g/mol. The second-order valence-electron chi connectivity index (χ2n) is 6.71. The molecule has 0 spiro atoms. The van der Waals surface area contributed by atoms with Gasteiger partial charge in [0.1, 0.15) is 11.5 Å². The number of aldehydes is 1. The Morgan fingerprint density at radius 1 is 0.750 bits per heavy atom. The largest absolute Gasteiger partial charge is 0.497 e. The summed E-state index contributed by atoms with van der Waals surface area (Å²) >= 11 is 0. The predicted molar refractivity (Wildman–Crippen MR) is 128 cm³/mol. The first-order valence-electron chi connectivity index (χ1n) is 9.69. The molecule has 0 heterocycles. The van der Waals surface area contributed by atoms with Crippen molar-refractivity contribution in [1.82, 2.24) is 0 Å². The van der Waals surface area contributed by atoms with Crippen molar-refractivity contribution in [1.29, 1.82) is 0 Å². The number of hydrogen-bond acceptors (Lipinski definition) is 4. The quantitative estimate of drug-likeness (QED) is 0.419. The summed E-state index contributed by atoms with van der Waals surface area (Å²) in [5.74, 6) is 6.35. The zero-order valence-corrected chi connectivity index (χ0v) is 18.7. The molecule has 3 aromatic carbocycles. The molecule has 0 radical (unpaired) electrons. The Balaban J connectivity index is 0.000000240. The maximum Gasteiger partial charge on any atom is 0.298 e. The molecule has 162 valence electrons. The number of benzene rings is 3. The van der Waals surface area contributed by atoms with Gasteiger partial charge in [-0.3, -0.25) is 9.59 Å². The highest BCUT2D eigenvalue weighted by Crippen LogP contribution is 2.16. The van der Waals surface area contributed by atoms with Crippen LogP contribution in [0.1, 0.15) is 38.2 Å². The van der Waals surface area contributed by atoms with Crippen molar-refractivity contribution in [2.75, 3.05) is 7.11 Å². The van der Waals surface area contributed by atoms with Crippen molar-refractivity contribution < 1.29 is 19.1 Å². The van der Waals surface area contributed by atoms with Gasteiger partial charge < -0.3 is 9.47 Å². The normalized spacial score (nSPS) is 8.81. The molecule has 0 bridgehead atoms. The molecule has 0 unspecified atom stereocenters. The molecule has 4 nitrogen and oxygen atoms in total. The molecule has 0 atom stereocenters. The van der Waals surface area contributed by atoms with E-state index in [0.29, 0.717) is 23.3 Å². The van der Waals surface area contributed by atoms with Gasteiger partial charge in [-0.2, -0.15) is 0 Å². The fraction of sp³-hybridized carbons (Fsp3) is 0.143. The lowest BCUT2D eigenvalue weighted by atomic mass is 10.1. The van der Waals surface area contributed by atoms with Crippen LogP contribution in [-0.4, -0.2) is 19.9 Å². The van der Waals surface area contributed by atoms with Gasteiger partial charge in [0, 0.05) is 16.7 Å². The van der Waals surface area contributed by atoms with Crippen molar-refractivity contribution in [3.8, 4) is 36.2 Å². The van der Waals surface area contributed by atoms with Crippen LogP contribution in [0.15, 0.2) is 60.7 Å². The fourth-order valence-electron chi connectivity index (χ4n) is 2.50. The van der Waals surface area contributed by atoms with Crippen LogP contribution in [0.3, 0.4) is 0 Å². The molecule has 4 heteroatoms. The molecule has 0 saturated heterocycles. The minimum atomic E-state index is 0.391. The van der Waals surface area contributed by atoms with E-state index < -0.39 is 0 Å². The average Bonchev–Trinajstić information content (AvgIpc) is 2.82. The molecule has 32 heavy (non-hydrogen) atoms. The summed E-state index contributed by atoms with van der Waals surface area (Å²) in [5.41, 5.74) is 5.72. The third-order valence-corrected chi connectivity index (χ3v) is 4.28. The van der Waals surface area contributed by atoms with Gasteiger partial charge in [-0.15, -0.1) is 12.8 Å². The number of carbonyl (C=O) groups is 2. The van der Waals surface area contributed by atoms with E-state index in [0.717, 1.165) is 23.2 Å². The van der Waals surface area contributed by atoms with E-state index >= 15 is 0 Å². The maximum absolute atomic E-state index is 10.4. The fourth-order valence-corrected chi connectivity index (χ4v) is 2.50. The lowest BCUT2D eigenvalue weighted by molar-refractivity contribution is -0.120. The molecular formula is C28H26O4. The van der Waals surface area contributed by atoms with Gasteiger partial charge in [0.25, 0.3) is 6.47 Å². The standard InChI is InChI=1S/C10H8O.C10H10.C8H8O3/c1-3-9-6-8(2)4-5-10(9)7-11;1-4-10-7-8(2)5-6-9(10)3;1-10-7-2-4-8(5-3-7)11-6-9/h1,4-7H,2H3;1,5-7H,2-3H3;2-6H,1H3. The van der Waals surface area contributed by atoms with Crippen molar-refractivity contribution in [3.05, 3.63) is 94.0 Å². The summed E-state index contributed by atoms with van der Waals surface area (Å²) in [6.45, 7) is 6.39. The maximum atomic E-state index is 10.4. The zero-order valence-electron chi connectivity index (χ0n) is 18.7. The molecule has 3 aromatic rings. The summed E-state index contributed by atoms with van der Waals surface area (Å²) in [6, 6.07) is 18.3. The van der Waals surface area contributed by atoms with Crippen molar-refractivity contribution in [2.24, 2.45) is 0 Å². The van der Waals surface area contributed by atoms with Crippen LogP contribution >= 0.6 is 0 Å². The van der Waals surface area contributed by atoms with Crippen molar-refractivity contribution >= 4 is 12.8 Å². The first kappa shape index (κ1) is 25.8. The molecule has 0 aliphatic carbocycles. The van der Waals surface area contributed by atoms with Crippen LogP contribution < -0.4 is 9.47 Å². The molecule has 0 fully saturated rings. The number of rotatable bonds is 4. The third-order valence-electron chi connectivity index (χ3n) is 4.28. The van der Waals surface area contributed by atoms with E-state index in [4.69, 9.17) is 17.6 Å². The summed E-state index contributed by atoms with van der Waals surface area (Å²) < 4.78 is 9.47. The van der Waals surface area contributed by atoms with Crippen LogP contribution in [0.2, 0.25) is 0 Å². The summed E-state index contributed by atoms with van der Waals surface area (Å²) in [6.07, 6.45) is 11.2. The summed E-state index contributed by atoms with van der Waals surface area (Å²) in [7, 11) is 1.58. The van der Waals surface area contributed by atoms with Gasteiger partial charge in [-0.25, -0.2) is 0 Å². The highest BCUT2D eigenvalue weighted by molar-refractivity contribution is 5.79. The van der Waals surface area contributed by atoms with Crippen LogP contribution in [-0.2, 0) is 4.79 Å². The van der Waals surface area contributed by atoms with E-state index in [1.54, 1.807) is 37.4 Å². The Bertz CT molecular complexity index is 1110. The van der Waals surface area contributed by atoms with Crippen LogP contribution in [0.5, 0.6) is 11.5 Å². The lowest BCUT2D eigenvalue weighted by Gasteiger charge is -1.99. The van der Waals surface area contributed by atoms with Crippen LogP contribution in [0, 0.1) is 45.5 Å². The van der Waals surface area contributed by atoms with Gasteiger partial charge >= 0.3 is 0 Å². The molecule has 0 aliphatic heterocycles. The third kappa shape index (κ3) is 8.61. The summed E-state index contributed by atoms with van der Waals surface area (Å²) in [5, 5.41) is 0. The molecule has 0 aromatic heterocycles. The van der Waals surface area contributed by atoms with Gasteiger partial charge in [0.05, 0.1) is 7.11 Å². The highest BCUT2D eigenvalue weighted by Gasteiger charge is 1.97. The molecule has 0 aliphatic rings. The van der Waals surface area contributed by atoms with Crippen LogP contribution in [0.4, 0.5) is 0 Å². The van der Waals surface area contributed by atoms with Crippen LogP contribution in [0.25, 0.3) is 0 Å². The minimum absolute atomic E-state index is 0.391. The first-order valence-corrected chi connectivity index (χ1v) is 9.69. The van der Waals surface area contributed by atoms with Gasteiger partial charge in [0.2, 0.25) is 0 Å². The lowest BCUT2D eigenvalue weighted by Crippen LogP contribution is -1.88. The monoisotopic (exact) mass is 426 g/mol. The SMILES string of the molecule is C#Cc1cc(C)ccc1C.C#Cc1cc(C)ccc1C=O.COc1ccc(OC=O)cc1. The Morgan fingerprint density at radius 3 is 1.75 bits per heavy atom.